The van der Waals surface area contributed by atoms with E-state index in [1.807, 2.05) is 32.8 Å². The van der Waals surface area contributed by atoms with E-state index >= 15 is 0 Å². The summed E-state index contributed by atoms with van der Waals surface area (Å²) in [6.07, 6.45) is 4.71. The van der Waals surface area contributed by atoms with Crippen molar-refractivity contribution in [3.63, 3.8) is 0 Å². The highest BCUT2D eigenvalue weighted by Crippen LogP contribution is 2.26. The van der Waals surface area contributed by atoms with Crippen molar-refractivity contribution in [1.29, 1.82) is 0 Å². The zero-order valence-corrected chi connectivity index (χ0v) is 15.5. The average Bonchev–Trinajstić information content (AvgIpc) is 2.46. The quantitative estimate of drug-likeness (QED) is 0.799. The Bertz CT molecular complexity index is 386. The Morgan fingerprint density at radius 2 is 1.78 bits per heavy atom. The predicted octanol–water partition coefficient (Wildman–Crippen LogP) is 3.13. The first kappa shape index (κ1) is 18.5. The molecule has 0 aliphatic carbocycles. The van der Waals surface area contributed by atoms with Gasteiger partial charge in [0, 0.05) is 39.3 Å². The molecular weight excluding hydrogens is 292 g/mol. The van der Waals surface area contributed by atoms with Crippen LogP contribution in [0.1, 0.15) is 53.4 Å². The van der Waals surface area contributed by atoms with E-state index in [9.17, 15) is 4.79 Å². The number of likely N-dealkylation sites (tertiary alicyclic amines) is 2. The number of ether oxygens (including phenoxy) is 2. The highest BCUT2D eigenvalue weighted by molar-refractivity contribution is 5.68. The molecule has 0 bridgehead atoms. The van der Waals surface area contributed by atoms with Crippen LogP contribution in [-0.4, -0.2) is 66.9 Å². The lowest BCUT2D eigenvalue weighted by Gasteiger charge is -2.41. The van der Waals surface area contributed by atoms with Gasteiger partial charge in [0.05, 0.1) is 6.10 Å². The van der Waals surface area contributed by atoms with Crippen LogP contribution in [0, 0.1) is 5.92 Å². The van der Waals surface area contributed by atoms with E-state index < -0.39 is 5.60 Å². The highest BCUT2D eigenvalue weighted by Gasteiger charge is 2.32. The maximum absolute atomic E-state index is 12.3. The molecule has 0 aromatic carbocycles. The summed E-state index contributed by atoms with van der Waals surface area (Å²) in [4.78, 5) is 16.7. The van der Waals surface area contributed by atoms with Crippen LogP contribution in [0.3, 0.4) is 0 Å². The minimum atomic E-state index is -0.417. The number of carbonyl (C=O) groups is 1. The molecule has 2 saturated heterocycles. The molecule has 0 aromatic heterocycles. The maximum Gasteiger partial charge on any atom is 0.410 e. The molecule has 1 amide bonds. The molecule has 0 radical (unpaired) electrons. The molecule has 0 aromatic rings. The van der Waals surface area contributed by atoms with Crippen LogP contribution in [0.2, 0.25) is 0 Å². The molecule has 2 aliphatic heterocycles. The fourth-order valence-corrected chi connectivity index (χ4v) is 3.72. The molecule has 2 rings (SSSR count). The second kappa shape index (κ2) is 7.84. The van der Waals surface area contributed by atoms with Crippen LogP contribution in [0.15, 0.2) is 0 Å². The summed E-state index contributed by atoms with van der Waals surface area (Å²) in [5, 5.41) is 0. The largest absolute Gasteiger partial charge is 0.444 e. The minimum Gasteiger partial charge on any atom is -0.444 e. The van der Waals surface area contributed by atoms with E-state index in [0.717, 1.165) is 51.9 Å². The Kier molecular flexibility index (Phi) is 6.32. The molecule has 5 heteroatoms. The second-order valence-electron chi connectivity index (χ2n) is 8.15. The first-order valence-electron chi connectivity index (χ1n) is 9.03. The molecule has 0 N–H and O–H groups in total. The van der Waals surface area contributed by atoms with Crippen LogP contribution in [0.25, 0.3) is 0 Å². The first-order chi connectivity index (χ1) is 10.8. The lowest BCUT2D eigenvalue weighted by molar-refractivity contribution is 0.00113. The number of hydrogen-bond donors (Lipinski definition) is 0. The lowest BCUT2D eigenvalue weighted by Crippen LogP contribution is -2.49. The maximum atomic E-state index is 12.3. The molecule has 2 atom stereocenters. The predicted molar refractivity (Wildman–Crippen MR) is 91.6 cm³/mol. The number of methoxy groups -OCH3 is 1. The van der Waals surface area contributed by atoms with Gasteiger partial charge in [-0.15, -0.1) is 0 Å². The number of rotatable bonds is 3. The third kappa shape index (κ3) is 5.64. The molecule has 0 spiro atoms. The van der Waals surface area contributed by atoms with E-state index in [4.69, 9.17) is 9.47 Å². The molecular formula is C18H34N2O3. The third-order valence-corrected chi connectivity index (χ3v) is 5.00. The van der Waals surface area contributed by atoms with Gasteiger partial charge < -0.3 is 19.3 Å². The Morgan fingerprint density at radius 1 is 1.13 bits per heavy atom. The second-order valence-corrected chi connectivity index (χ2v) is 8.15. The van der Waals surface area contributed by atoms with Crippen molar-refractivity contribution < 1.29 is 14.3 Å². The fourth-order valence-electron chi connectivity index (χ4n) is 3.72. The standard InChI is InChI=1S/C18H34N2O3/c1-14-12-15(13-19-9-7-16(22-5)8-10-19)6-11-20(14)17(21)23-18(2,3)4/h14-16H,6-13H2,1-5H3/t14-,15+/m1/s1. The summed E-state index contributed by atoms with van der Waals surface area (Å²) in [5.74, 6) is 0.683. The van der Waals surface area contributed by atoms with Crippen LogP contribution in [-0.2, 0) is 9.47 Å². The zero-order valence-electron chi connectivity index (χ0n) is 15.5. The van der Waals surface area contributed by atoms with Gasteiger partial charge in [0.25, 0.3) is 0 Å². The van der Waals surface area contributed by atoms with Gasteiger partial charge in [0.1, 0.15) is 5.60 Å². The number of amides is 1. The Labute approximate surface area is 141 Å². The van der Waals surface area contributed by atoms with Gasteiger partial charge in [0.15, 0.2) is 0 Å². The van der Waals surface area contributed by atoms with E-state index in [-0.39, 0.29) is 12.1 Å². The van der Waals surface area contributed by atoms with Crippen molar-refractivity contribution >= 4 is 6.09 Å². The summed E-state index contributed by atoms with van der Waals surface area (Å²) in [6, 6.07) is 0.264. The van der Waals surface area contributed by atoms with Crippen molar-refractivity contribution in [2.45, 2.75) is 71.1 Å². The molecule has 0 saturated carbocycles. The van der Waals surface area contributed by atoms with Crippen molar-refractivity contribution in [1.82, 2.24) is 9.80 Å². The minimum absolute atomic E-state index is 0.163. The summed E-state index contributed by atoms with van der Waals surface area (Å²) in [7, 11) is 1.81. The smallest absolute Gasteiger partial charge is 0.410 e. The monoisotopic (exact) mass is 326 g/mol. The Hall–Kier alpha value is -0.810. The molecule has 134 valence electrons. The SMILES string of the molecule is COC1CCN(C[C@H]2CCN(C(=O)OC(C)(C)C)[C@H](C)C2)CC1. The van der Waals surface area contributed by atoms with Crippen molar-refractivity contribution in [3.05, 3.63) is 0 Å². The lowest BCUT2D eigenvalue weighted by atomic mass is 9.90. The molecule has 0 unspecified atom stereocenters. The normalized spacial score (nSPS) is 28.0. The van der Waals surface area contributed by atoms with Gasteiger partial charge in [-0.05, 0) is 59.3 Å². The number of hydrogen-bond acceptors (Lipinski definition) is 4. The first-order valence-corrected chi connectivity index (χ1v) is 9.03. The highest BCUT2D eigenvalue weighted by atomic mass is 16.6. The number of carbonyl (C=O) groups excluding carboxylic acids is 1. The van der Waals surface area contributed by atoms with Gasteiger partial charge in [-0.3, -0.25) is 0 Å². The number of nitrogens with zero attached hydrogens (tertiary/aromatic N) is 2. The van der Waals surface area contributed by atoms with Crippen LogP contribution in [0.4, 0.5) is 4.79 Å². The molecule has 23 heavy (non-hydrogen) atoms. The summed E-state index contributed by atoms with van der Waals surface area (Å²) in [5.41, 5.74) is -0.417. The summed E-state index contributed by atoms with van der Waals surface area (Å²) in [6.45, 7) is 12.2. The van der Waals surface area contributed by atoms with Crippen LogP contribution < -0.4 is 0 Å². The molecule has 2 aliphatic rings. The van der Waals surface area contributed by atoms with E-state index in [1.54, 1.807) is 0 Å². The van der Waals surface area contributed by atoms with E-state index in [1.165, 1.54) is 0 Å². The Balaban J connectivity index is 1.76. The van der Waals surface area contributed by atoms with Gasteiger partial charge in [0.2, 0.25) is 0 Å². The summed E-state index contributed by atoms with van der Waals surface area (Å²) >= 11 is 0. The average molecular weight is 326 g/mol. The van der Waals surface area contributed by atoms with E-state index in [2.05, 4.69) is 11.8 Å². The zero-order chi connectivity index (χ0) is 17.0. The van der Waals surface area contributed by atoms with Crippen LogP contribution >= 0.6 is 0 Å². The van der Waals surface area contributed by atoms with Gasteiger partial charge >= 0.3 is 6.09 Å². The summed E-state index contributed by atoms with van der Waals surface area (Å²) < 4.78 is 11.0. The number of piperidine rings is 2. The van der Waals surface area contributed by atoms with Gasteiger partial charge in [-0.25, -0.2) is 4.79 Å². The van der Waals surface area contributed by atoms with Gasteiger partial charge in [-0.1, -0.05) is 0 Å². The third-order valence-electron chi connectivity index (χ3n) is 5.00. The van der Waals surface area contributed by atoms with Crippen molar-refractivity contribution in [3.8, 4) is 0 Å². The fraction of sp³-hybridized carbons (Fsp3) is 0.944. The topological polar surface area (TPSA) is 42.0 Å². The van der Waals surface area contributed by atoms with E-state index in [0.29, 0.717) is 12.0 Å². The molecule has 5 nitrogen and oxygen atoms in total. The van der Waals surface area contributed by atoms with Crippen LogP contribution in [0.5, 0.6) is 0 Å². The molecule has 2 fully saturated rings. The van der Waals surface area contributed by atoms with Crippen molar-refractivity contribution in [2.24, 2.45) is 5.92 Å². The Morgan fingerprint density at radius 3 is 2.30 bits per heavy atom. The molecule has 2 heterocycles. The van der Waals surface area contributed by atoms with Gasteiger partial charge in [-0.2, -0.15) is 0 Å². The van der Waals surface area contributed by atoms with Crippen molar-refractivity contribution in [2.75, 3.05) is 33.3 Å².